The quantitative estimate of drug-likeness (QED) is 0.780. The Morgan fingerprint density at radius 1 is 1.04 bits per heavy atom. The highest BCUT2D eigenvalue weighted by Crippen LogP contribution is 2.47. The van der Waals surface area contributed by atoms with Gasteiger partial charge >= 0.3 is 0 Å². The molecule has 1 aliphatic heterocycles. The molecule has 0 unspecified atom stereocenters. The van der Waals surface area contributed by atoms with E-state index in [9.17, 15) is 14.7 Å². The summed E-state index contributed by atoms with van der Waals surface area (Å²) in [5.41, 5.74) is 1.50. The van der Waals surface area contributed by atoms with Crippen molar-refractivity contribution in [3.05, 3.63) is 69.2 Å². The summed E-state index contributed by atoms with van der Waals surface area (Å²) in [7, 11) is 0. The van der Waals surface area contributed by atoms with E-state index in [-0.39, 0.29) is 11.9 Å². The van der Waals surface area contributed by atoms with E-state index in [2.05, 4.69) is 0 Å². The average molecular weight is 403 g/mol. The zero-order valence-electron chi connectivity index (χ0n) is 14.5. The van der Waals surface area contributed by atoms with Crippen LogP contribution in [-0.4, -0.2) is 22.8 Å². The van der Waals surface area contributed by atoms with Crippen molar-refractivity contribution < 1.29 is 14.7 Å². The molecule has 140 valence electrons. The number of carbonyl (C=O) groups is 2. The van der Waals surface area contributed by atoms with E-state index >= 15 is 0 Å². The number of fused-ring (bicyclic) bond motifs is 1. The van der Waals surface area contributed by atoms with Gasteiger partial charge in [-0.3, -0.25) is 4.79 Å². The van der Waals surface area contributed by atoms with E-state index < -0.39 is 17.9 Å². The van der Waals surface area contributed by atoms with Gasteiger partial charge in [0.25, 0.3) is 5.91 Å². The van der Waals surface area contributed by atoms with E-state index in [0.717, 1.165) is 25.7 Å². The molecule has 1 amide bonds. The highest BCUT2D eigenvalue weighted by molar-refractivity contribution is 6.35. The second kappa shape index (κ2) is 7.17. The number of benzene rings is 2. The Morgan fingerprint density at radius 2 is 1.74 bits per heavy atom. The number of hydrogen-bond acceptors (Lipinski definition) is 3. The van der Waals surface area contributed by atoms with Crippen LogP contribution in [0.2, 0.25) is 10.0 Å². The van der Waals surface area contributed by atoms with Crippen molar-refractivity contribution in [1.29, 1.82) is 0 Å². The highest BCUT2D eigenvalue weighted by Gasteiger charge is 2.45. The smallest absolute Gasteiger partial charge is 0.254 e. The number of nitrogens with zero attached hydrogens (tertiary/aromatic N) is 1. The maximum absolute atomic E-state index is 13.4. The van der Waals surface area contributed by atoms with Crippen molar-refractivity contribution in [1.82, 2.24) is 4.90 Å². The Bertz CT molecular complexity index is 908. The number of carboxylic acid groups (broad SMARTS) is 1. The molecule has 0 saturated heterocycles. The molecule has 2 atom stereocenters. The molecule has 6 heteroatoms. The Kier molecular flexibility index (Phi) is 4.87. The molecule has 27 heavy (non-hydrogen) atoms. The van der Waals surface area contributed by atoms with Crippen molar-refractivity contribution in [2.24, 2.45) is 0 Å². The van der Waals surface area contributed by atoms with Gasteiger partial charge in [-0.1, -0.05) is 60.3 Å². The fraction of sp³-hybridized carbons (Fsp3) is 0.333. The number of carboxylic acids is 1. The molecule has 0 N–H and O–H groups in total. The number of aliphatic carboxylic acids is 1. The first kappa shape index (κ1) is 18.3. The topological polar surface area (TPSA) is 60.4 Å². The van der Waals surface area contributed by atoms with Gasteiger partial charge in [-0.25, -0.2) is 0 Å². The molecule has 0 spiro atoms. The molecule has 2 aromatic rings. The summed E-state index contributed by atoms with van der Waals surface area (Å²) in [5, 5.41) is 13.0. The van der Waals surface area contributed by atoms with Crippen LogP contribution in [0.4, 0.5) is 0 Å². The van der Waals surface area contributed by atoms with Gasteiger partial charge in [0.2, 0.25) is 0 Å². The molecule has 4 rings (SSSR count). The van der Waals surface area contributed by atoms with Crippen LogP contribution in [0.25, 0.3) is 0 Å². The number of halogens is 2. The SMILES string of the molecule is O=C([O-])[C@H]1c2ccccc2C(=O)N(C2CCCC2)[C@H]1c1ccc(Cl)cc1Cl. The van der Waals surface area contributed by atoms with Crippen molar-refractivity contribution in [3.63, 3.8) is 0 Å². The summed E-state index contributed by atoms with van der Waals surface area (Å²) in [6.45, 7) is 0. The van der Waals surface area contributed by atoms with E-state index in [1.807, 2.05) is 0 Å². The third-order valence-electron chi connectivity index (χ3n) is 5.63. The van der Waals surface area contributed by atoms with Crippen LogP contribution < -0.4 is 5.11 Å². The van der Waals surface area contributed by atoms with Crippen LogP contribution in [0.15, 0.2) is 42.5 Å². The van der Waals surface area contributed by atoms with Gasteiger partial charge in [-0.15, -0.1) is 0 Å². The van der Waals surface area contributed by atoms with Crippen LogP contribution in [0.3, 0.4) is 0 Å². The van der Waals surface area contributed by atoms with Crippen LogP contribution in [-0.2, 0) is 4.79 Å². The van der Waals surface area contributed by atoms with E-state index in [0.29, 0.717) is 26.7 Å². The summed E-state index contributed by atoms with van der Waals surface area (Å²) in [5.74, 6) is -2.35. The van der Waals surface area contributed by atoms with Gasteiger partial charge in [0, 0.05) is 27.6 Å². The molecule has 1 aliphatic carbocycles. The summed E-state index contributed by atoms with van der Waals surface area (Å²) >= 11 is 12.5. The molecule has 1 heterocycles. The fourth-order valence-corrected chi connectivity index (χ4v) is 4.98. The Hall–Kier alpha value is -2.04. The highest BCUT2D eigenvalue weighted by atomic mass is 35.5. The number of hydrogen-bond donors (Lipinski definition) is 0. The van der Waals surface area contributed by atoms with Gasteiger partial charge < -0.3 is 14.8 Å². The second-order valence-electron chi connectivity index (χ2n) is 7.15. The summed E-state index contributed by atoms with van der Waals surface area (Å²) in [6.07, 6.45) is 3.76. The van der Waals surface area contributed by atoms with Crippen molar-refractivity contribution in [2.45, 2.75) is 43.7 Å². The third-order valence-corrected chi connectivity index (χ3v) is 6.19. The standard InChI is InChI=1S/C21H19Cl2NO3/c22-12-9-10-16(17(23)11-12)19-18(21(26)27)14-7-3-4-8-15(14)20(25)24(19)13-5-1-2-6-13/h3-4,7-11,13,18-19H,1-2,5-6H2,(H,26,27)/p-1/t18-,19-/m0/s1. The molecule has 0 radical (unpaired) electrons. The number of amides is 1. The zero-order chi connectivity index (χ0) is 19.1. The normalized spacial score (nSPS) is 22.7. The molecule has 1 saturated carbocycles. The van der Waals surface area contributed by atoms with Crippen molar-refractivity contribution in [3.8, 4) is 0 Å². The molecule has 2 aromatic carbocycles. The van der Waals surface area contributed by atoms with Crippen LogP contribution >= 0.6 is 23.2 Å². The maximum Gasteiger partial charge on any atom is 0.254 e. The van der Waals surface area contributed by atoms with Crippen LogP contribution in [0, 0.1) is 0 Å². The lowest BCUT2D eigenvalue weighted by molar-refractivity contribution is -0.309. The molecule has 0 bridgehead atoms. The summed E-state index contributed by atoms with van der Waals surface area (Å²) in [6, 6.07) is 11.1. The van der Waals surface area contributed by atoms with E-state index in [1.165, 1.54) is 0 Å². The van der Waals surface area contributed by atoms with Crippen molar-refractivity contribution >= 4 is 35.1 Å². The Balaban J connectivity index is 1.94. The van der Waals surface area contributed by atoms with E-state index in [1.54, 1.807) is 47.4 Å². The molecular formula is C21H18Cl2NO3-. The number of carbonyl (C=O) groups excluding carboxylic acids is 2. The molecule has 4 nitrogen and oxygen atoms in total. The lowest BCUT2D eigenvalue weighted by Gasteiger charge is -2.46. The van der Waals surface area contributed by atoms with Crippen LogP contribution in [0.1, 0.15) is 59.1 Å². The minimum Gasteiger partial charge on any atom is -0.549 e. The van der Waals surface area contributed by atoms with Gasteiger partial charge in [0.05, 0.1) is 12.0 Å². The Morgan fingerprint density at radius 3 is 2.41 bits per heavy atom. The fourth-order valence-electron chi connectivity index (χ4n) is 4.46. The first-order valence-electron chi connectivity index (χ1n) is 9.06. The largest absolute Gasteiger partial charge is 0.549 e. The molecule has 0 aromatic heterocycles. The zero-order valence-corrected chi connectivity index (χ0v) is 16.0. The minimum absolute atomic E-state index is 0.00977. The monoisotopic (exact) mass is 402 g/mol. The summed E-state index contributed by atoms with van der Waals surface area (Å²) < 4.78 is 0. The van der Waals surface area contributed by atoms with Crippen LogP contribution in [0.5, 0.6) is 0 Å². The Labute approximate surface area is 167 Å². The second-order valence-corrected chi connectivity index (χ2v) is 7.99. The van der Waals surface area contributed by atoms with E-state index in [4.69, 9.17) is 23.2 Å². The minimum atomic E-state index is -1.21. The predicted octanol–water partition coefficient (Wildman–Crippen LogP) is 3.97. The average Bonchev–Trinajstić information content (AvgIpc) is 3.15. The van der Waals surface area contributed by atoms with Gasteiger partial charge in [-0.2, -0.15) is 0 Å². The van der Waals surface area contributed by atoms with Gasteiger partial charge in [-0.05, 0) is 42.2 Å². The lowest BCUT2D eigenvalue weighted by atomic mass is 9.79. The molecule has 1 fully saturated rings. The van der Waals surface area contributed by atoms with Gasteiger partial charge in [0.15, 0.2) is 0 Å². The maximum atomic E-state index is 13.4. The number of rotatable bonds is 3. The van der Waals surface area contributed by atoms with Gasteiger partial charge in [0.1, 0.15) is 0 Å². The first-order valence-corrected chi connectivity index (χ1v) is 9.82. The van der Waals surface area contributed by atoms with Crippen molar-refractivity contribution in [2.75, 3.05) is 0 Å². The third kappa shape index (κ3) is 3.11. The predicted molar refractivity (Wildman–Crippen MR) is 102 cm³/mol. The lowest BCUT2D eigenvalue weighted by Crippen LogP contribution is -2.51. The first-order chi connectivity index (χ1) is 13.0. The summed E-state index contributed by atoms with van der Waals surface area (Å²) in [4.78, 5) is 27.3. The molecular weight excluding hydrogens is 385 g/mol. The molecule has 2 aliphatic rings.